The van der Waals surface area contributed by atoms with E-state index in [-0.39, 0.29) is 17.6 Å². The summed E-state index contributed by atoms with van der Waals surface area (Å²) in [6, 6.07) is 3.85. The molecule has 0 spiro atoms. The summed E-state index contributed by atoms with van der Waals surface area (Å²) in [4.78, 5) is 14.4. The van der Waals surface area contributed by atoms with Gasteiger partial charge in [-0.25, -0.2) is 19.3 Å². The molecule has 1 saturated carbocycles. The van der Waals surface area contributed by atoms with Crippen LogP contribution in [0, 0.1) is 5.82 Å². The molecule has 0 amide bonds. The SMILES string of the molecule is CN(C)c1ncccc1CNc1ncnc(C2CCC2)c1F. The molecule has 2 aromatic rings. The van der Waals surface area contributed by atoms with Gasteiger partial charge in [0.2, 0.25) is 0 Å². The molecular formula is C16H20FN5. The number of hydrogen-bond donors (Lipinski definition) is 1. The minimum Gasteiger partial charge on any atom is -0.363 e. The van der Waals surface area contributed by atoms with Crippen molar-refractivity contribution in [2.45, 2.75) is 31.7 Å². The molecule has 2 heterocycles. The van der Waals surface area contributed by atoms with Crippen LogP contribution in [0.4, 0.5) is 16.0 Å². The minimum atomic E-state index is -0.317. The van der Waals surface area contributed by atoms with Gasteiger partial charge in [-0.1, -0.05) is 12.5 Å². The van der Waals surface area contributed by atoms with Crippen molar-refractivity contribution in [1.29, 1.82) is 0 Å². The van der Waals surface area contributed by atoms with E-state index in [0.717, 1.165) is 30.6 Å². The quantitative estimate of drug-likeness (QED) is 0.920. The number of aromatic nitrogens is 3. The molecule has 0 bridgehead atoms. The van der Waals surface area contributed by atoms with Crippen molar-refractivity contribution >= 4 is 11.6 Å². The Morgan fingerprint density at radius 3 is 2.77 bits per heavy atom. The zero-order valence-corrected chi connectivity index (χ0v) is 12.9. The normalized spacial score (nSPS) is 14.5. The first kappa shape index (κ1) is 14.7. The molecule has 3 rings (SSSR count). The molecule has 0 atom stereocenters. The second kappa shape index (κ2) is 6.25. The average Bonchev–Trinajstić information content (AvgIpc) is 2.46. The average molecular weight is 301 g/mol. The molecule has 0 radical (unpaired) electrons. The first-order chi connectivity index (χ1) is 10.7. The molecule has 1 N–H and O–H groups in total. The Hall–Kier alpha value is -2.24. The summed E-state index contributed by atoms with van der Waals surface area (Å²) < 4.78 is 14.5. The van der Waals surface area contributed by atoms with E-state index < -0.39 is 0 Å². The summed E-state index contributed by atoms with van der Waals surface area (Å²) in [5.74, 6) is 1.07. The van der Waals surface area contributed by atoms with E-state index >= 15 is 0 Å². The highest BCUT2D eigenvalue weighted by Crippen LogP contribution is 2.37. The second-order valence-electron chi connectivity index (χ2n) is 5.78. The maximum atomic E-state index is 14.5. The van der Waals surface area contributed by atoms with Crippen molar-refractivity contribution in [2.75, 3.05) is 24.3 Å². The topological polar surface area (TPSA) is 53.9 Å². The number of anilines is 2. The van der Waals surface area contributed by atoms with Crippen LogP contribution in [0.2, 0.25) is 0 Å². The van der Waals surface area contributed by atoms with Crippen LogP contribution in [0.3, 0.4) is 0 Å². The van der Waals surface area contributed by atoms with E-state index in [1.54, 1.807) is 6.20 Å². The number of hydrogen-bond acceptors (Lipinski definition) is 5. The molecule has 1 aliphatic carbocycles. The molecule has 2 aromatic heterocycles. The van der Waals surface area contributed by atoms with Crippen LogP contribution in [-0.2, 0) is 6.54 Å². The van der Waals surface area contributed by atoms with Gasteiger partial charge in [0.25, 0.3) is 0 Å². The van der Waals surface area contributed by atoms with Crippen molar-refractivity contribution < 1.29 is 4.39 Å². The van der Waals surface area contributed by atoms with Crippen LogP contribution in [0.25, 0.3) is 0 Å². The standard InChI is InChI=1S/C16H20FN5/c1-22(2)16-12(7-4-8-18-16)9-19-15-13(17)14(20-10-21-15)11-5-3-6-11/h4,7-8,10-11H,3,5-6,9H2,1-2H3,(H,19,20,21). The van der Waals surface area contributed by atoms with E-state index in [2.05, 4.69) is 20.3 Å². The largest absolute Gasteiger partial charge is 0.363 e. The lowest BCUT2D eigenvalue weighted by Crippen LogP contribution is -2.17. The molecule has 22 heavy (non-hydrogen) atoms. The van der Waals surface area contributed by atoms with Crippen LogP contribution < -0.4 is 10.2 Å². The highest BCUT2D eigenvalue weighted by atomic mass is 19.1. The Morgan fingerprint density at radius 2 is 2.09 bits per heavy atom. The summed E-state index contributed by atoms with van der Waals surface area (Å²) in [5, 5.41) is 3.08. The number of halogens is 1. The lowest BCUT2D eigenvalue weighted by Gasteiger charge is -2.25. The number of nitrogens with zero attached hydrogens (tertiary/aromatic N) is 4. The summed E-state index contributed by atoms with van der Waals surface area (Å²) in [6.45, 7) is 0.472. The van der Waals surface area contributed by atoms with E-state index in [4.69, 9.17) is 0 Å². The van der Waals surface area contributed by atoms with E-state index in [1.807, 2.05) is 31.1 Å². The molecule has 0 saturated heterocycles. The molecule has 116 valence electrons. The summed E-state index contributed by atoms with van der Waals surface area (Å²) in [7, 11) is 3.87. The van der Waals surface area contributed by atoms with Gasteiger partial charge in [0, 0.05) is 38.3 Å². The third kappa shape index (κ3) is 2.86. The van der Waals surface area contributed by atoms with Gasteiger partial charge in [-0.05, 0) is 18.9 Å². The highest BCUT2D eigenvalue weighted by Gasteiger charge is 2.25. The molecule has 0 aliphatic heterocycles. The summed E-state index contributed by atoms with van der Waals surface area (Å²) in [5.41, 5.74) is 1.54. The van der Waals surface area contributed by atoms with Crippen LogP contribution in [0.15, 0.2) is 24.7 Å². The fraction of sp³-hybridized carbons (Fsp3) is 0.438. The highest BCUT2D eigenvalue weighted by molar-refractivity contribution is 5.48. The van der Waals surface area contributed by atoms with Crippen LogP contribution in [-0.4, -0.2) is 29.0 Å². The zero-order valence-electron chi connectivity index (χ0n) is 12.9. The van der Waals surface area contributed by atoms with Gasteiger partial charge in [0.05, 0.1) is 5.69 Å². The predicted octanol–water partition coefficient (Wildman–Crippen LogP) is 2.96. The van der Waals surface area contributed by atoms with E-state index in [9.17, 15) is 4.39 Å². The van der Waals surface area contributed by atoms with Crippen LogP contribution >= 0.6 is 0 Å². The minimum absolute atomic E-state index is 0.249. The smallest absolute Gasteiger partial charge is 0.187 e. The summed E-state index contributed by atoms with van der Waals surface area (Å²) in [6.07, 6.45) is 6.37. The Bertz CT molecular complexity index is 655. The lowest BCUT2D eigenvalue weighted by molar-refractivity contribution is 0.393. The third-order valence-electron chi connectivity index (χ3n) is 4.05. The van der Waals surface area contributed by atoms with Gasteiger partial charge in [-0.3, -0.25) is 0 Å². The molecular weight excluding hydrogens is 281 g/mol. The predicted molar refractivity (Wildman–Crippen MR) is 84.5 cm³/mol. The monoisotopic (exact) mass is 301 g/mol. The van der Waals surface area contributed by atoms with Crippen molar-refractivity contribution in [1.82, 2.24) is 15.0 Å². The maximum Gasteiger partial charge on any atom is 0.187 e. The van der Waals surface area contributed by atoms with Crippen LogP contribution in [0.1, 0.15) is 36.4 Å². The van der Waals surface area contributed by atoms with E-state index in [1.165, 1.54) is 6.33 Å². The van der Waals surface area contributed by atoms with Crippen molar-refractivity contribution in [2.24, 2.45) is 0 Å². The Balaban J connectivity index is 1.77. The molecule has 0 aromatic carbocycles. The molecule has 5 nitrogen and oxygen atoms in total. The Kier molecular flexibility index (Phi) is 4.18. The number of nitrogens with one attached hydrogen (secondary N) is 1. The number of pyridine rings is 1. The van der Waals surface area contributed by atoms with Gasteiger partial charge in [0.1, 0.15) is 12.1 Å². The second-order valence-corrected chi connectivity index (χ2v) is 5.78. The lowest BCUT2D eigenvalue weighted by atomic mass is 9.82. The maximum absolute atomic E-state index is 14.5. The molecule has 1 fully saturated rings. The van der Waals surface area contributed by atoms with Crippen molar-refractivity contribution in [3.8, 4) is 0 Å². The Morgan fingerprint density at radius 1 is 1.27 bits per heavy atom. The van der Waals surface area contributed by atoms with Gasteiger partial charge >= 0.3 is 0 Å². The molecule has 1 aliphatic rings. The van der Waals surface area contributed by atoms with Gasteiger partial charge in [0.15, 0.2) is 11.6 Å². The fourth-order valence-corrected chi connectivity index (χ4v) is 2.62. The van der Waals surface area contributed by atoms with Gasteiger partial charge in [-0.15, -0.1) is 0 Å². The summed E-state index contributed by atoms with van der Waals surface area (Å²) >= 11 is 0. The fourth-order valence-electron chi connectivity index (χ4n) is 2.62. The molecule has 0 unspecified atom stereocenters. The zero-order chi connectivity index (χ0) is 15.5. The third-order valence-corrected chi connectivity index (χ3v) is 4.05. The Labute approximate surface area is 129 Å². The first-order valence-electron chi connectivity index (χ1n) is 7.52. The molecule has 6 heteroatoms. The van der Waals surface area contributed by atoms with Crippen molar-refractivity contribution in [3.63, 3.8) is 0 Å². The number of rotatable bonds is 5. The first-order valence-corrected chi connectivity index (χ1v) is 7.52. The van der Waals surface area contributed by atoms with Crippen LogP contribution in [0.5, 0.6) is 0 Å². The van der Waals surface area contributed by atoms with Gasteiger partial charge < -0.3 is 10.2 Å². The van der Waals surface area contributed by atoms with Crippen molar-refractivity contribution in [3.05, 3.63) is 41.7 Å². The van der Waals surface area contributed by atoms with Gasteiger partial charge in [-0.2, -0.15) is 0 Å². The van der Waals surface area contributed by atoms with E-state index in [0.29, 0.717) is 12.2 Å².